The monoisotopic (exact) mass is 437 g/mol. The van der Waals surface area contributed by atoms with Crippen molar-refractivity contribution in [3.63, 3.8) is 0 Å². The number of ether oxygens (including phenoxy) is 2. The fourth-order valence-corrected chi connectivity index (χ4v) is 4.07. The van der Waals surface area contributed by atoms with Gasteiger partial charge < -0.3 is 14.8 Å². The molecule has 33 heavy (non-hydrogen) atoms. The summed E-state index contributed by atoms with van der Waals surface area (Å²) in [6, 6.07) is 25.4. The lowest BCUT2D eigenvalue weighted by molar-refractivity contribution is 0.283. The van der Waals surface area contributed by atoms with Crippen molar-refractivity contribution in [2.45, 2.75) is 33.4 Å². The van der Waals surface area contributed by atoms with Gasteiger partial charge in [0.15, 0.2) is 11.5 Å². The second-order valence-electron chi connectivity index (χ2n) is 8.36. The summed E-state index contributed by atoms with van der Waals surface area (Å²) in [7, 11) is 1.69. The molecule has 0 heterocycles. The Kier molecular flexibility index (Phi) is 6.99. The average molecular weight is 438 g/mol. The van der Waals surface area contributed by atoms with Crippen molar-refractivity contribution in [2.75, 3.05) is 12.4 Å². The van der Waals surface area contributed by atoms with Gasteiger partial charge in [0.05, 0.1) is 7.11 Å². The highest BCUT2D eigenvalue weighted by atomic mass is 16.5. The second kappa shape index (κ2) is 10.3. The molecular weight excluding hydrogens is 406 g/mol. The van der Waals surface area contributed by atoms with Gasteiger partial charge in [-0.05, 0) is 77.6 Å². The minimum atomic E-state index is 0.474. The number of aryl methyl sites for hydroxylation is 2. The van der Waals surface area contributed by atoms with Gasteiger partial charge in [-0.25, -0.2) is 0 Å². The molecule has 0 aromatic heterocycles. The smallest absolute Gasteiger partial charge is 0.165 e. The third kappa shape index (κ3) is 5.20. The van der Waals surface area contributed by atoms with E-state index in [4.69, 9.17) is 9.47 Å². The van der Waals surface area contributed by atoms with Crippen molar-refractivity contribution in [3.05, 3.63) is 113 Å². The van der Waals surface area contributed by atoms with Gasteiger partial charge in [0, 0.05) is 17.8 Å². The van der Waals surface area contributed by atoms with E-state index in [1.807, 2.05) is 6.08 Å². The van der Waals surface area contributed by atoms with E-state index in [9.17, 15) is 0 Å². The van der Waals surface area contributed by atoms with Crippen LogP contribution in [0.4, 0.5) is 5.69 Å². The molecule has 3 heteroatoms. The molecule has 0 bridgehead atoms. The molecule has 0 atom stereocenters. The molecule has 1 N–H and O–H groups in total. The Hall–Kier alpha value is -3.72. The van der Waals surface area contributed by atoms with Crippen molar-refractivity contribution in [1.82, 2.24) is 0 Å². The summed E-state index contributed by atoms with van der Waals surface area (Å²) >= 11 is 0. The van der Waals surface area contributed by atoms with Crippen LogP contribution in [0.25, 0.3) is 10.8 Å². The third-order valence-electron chi connectivity index (χ3n) is 6.03. The van der Waals surface area contributed by atoms with Gasteiger partial charge in [-0.1, -0.05) is 54.6 Å². The molecule has 4 rings (SSSR count). The standard InChI is InChI=1S/C30H31NO2/c1-5-9-25-17-23(19-31-27-15-14-21(2)22(3)16-27)18-29(32-4)30(25)33-20-26-12-8-11-24-10-6-7-13-28(24)26/h5-8,10-18,31H,1,9,19-20H2,2-4H3. The lowest BCUT2D eigenvalue weighted by Crippen LogP contribution is -2.05. The number of benzene rings is 4. The SMILES string of the molecule is C=CCc1cc(CNc2ccc(C)c(C)c2)cc(OC)c1OCc1cccc2ccccc12. The topological polar surface area (TPSA) is 30.5 Å². The highest BCUT2D eigenvalue weighted by Gasteiger charge is 2.14. The largest absolute Gasteiger partial charge is 0.493 e. The quantitative estimate of drug-likeness (QED) is 0.277. The van der Waals surface area contributed by atoms with Crippen LogP contribution in [0.3, 0.4) is 0 Å². The fraction of sp³-hybridized carbons (Fsp3) is 0.200. The van der Waals surface area contributed by atoms with Crippen molar-refractivity contribution in [1.29, 1.82) is 0 Å². The second-order valence-corrected chi connectivity index (χ2v) is 8.36. The number of nitrogens with one attached hydrogen (secondary N) is 1. The lowest BCUT2D eigenvalue weighted by atomic mass is 10.0. The molecule has 3 nitrogen and oxygen atoms in total. The summed E-state index contributed by atoms with van der Waals surface area (Å²) in [6.07, 6.45) is 2.61. The normalized spacial score (nSPS) is 10.8. The van der Waals surface area contributed by atoms with Gasteiger partial charge in [0.1, 0.15) is 6.61 Å². The van der Waals surface area contributed by atoms with Gasteiger partial charge in [0.2, 0.25) is 0 Å². The molecule has 168 valence electrons. The first-order chi connectivity index (χ1) is 16.1. The zero-order valence-electron chi connectivity index (χ0n) is 19.7. The summed E-state index contributed by atoms with van der Waals surface area (Å²) in [5, 5.41) is 5.94. The molecule has 0 saturated carbocycles. The fourth-order valence-electron chi connectivity index (χ4n) is 4.07. The molecule has 4 aromatic carbocycles. The summed E-state index contributed by atoms with van der Waals surface area (Å²) < 4.78 is 12.1. The molecule has 0 aliphatic heterocycles. The zero-order valence-corrected chi connectivity index (χ0v) is 19.7. The number of allylic oxidation sites excluding steroid dienone is 1. The first-order valence-electron chi connectivity index (χ1n) is 11.3. The van der Waals surface area contributed by atoms with Crippen LogP contribution in [0.15, 0.2) is 85.5 Å². The van der Waals surface area contributed by atoms with Crippen LogP contribution in [0, 0.1) is 13.8 Å². The summed E-state index contributed by atoms with van der Waals surface area (Å²) in [5.74, 6) is 1.52. The number of rotatable bonds is 9. The van der Waals surface area contributed by atoms with Gasteiger partial charge in [0.25, 0.3) is 0 Å². The Labute approximate surface area is 196 Å². The van der Waals surface area contributed by atoms with E-state index >= 15 is 0 Å². The maximum absolute atomic E-state index is 6.36. The van der Waals surface area contributed by atoms with Crippen LogP contribution in [0.2, 0.25) is 0 Å². The van der Waals surface area contributed by atoms with Crippen molar-refractivity contribution in [3.8, 4) is 11.5 Å². The number of hydrogen-bond acceptors (Lipinski definition) is 3. The van der Waals surface area contributed by atoms with Crippen LogP contribution < -0.4 is 14.8 Å². The maximum atomic E-state index is 6.36. The summed E-state index contributed by atoms with van der Waals surface area (Å²) in [6.45, 7) is 9.38. The summed E-state index contributed by atoms with van der Waals surface area (Å²) in [4.78, 5) is 0. The Morgan fingerprint density at radius 3 is 2.48 bits per heavy atom. The van der Waals surface area contributed by atoms with Crippen LogP contribution in [-0.2, 0) is 19.6 Å². The first kappa shape index (κ1) is 22.5. The molecular formula is C30H31NO2. The minimum Gasteiger partial charge on any atom is -0.493 e. The zero-order chi connectivity index (χ0) is 23.2. The predicted octanol–water partition coefficient (Wildman–Crippen LogP) is 7.38. The van der Waals surface area contributed by atoms with E-state index in [1.165, 1.54) is 21.9 Å². The molecule has 0 saturated heterocycles. The molecule has 0 unspecified atom stereocenters. The first-order valence-corrected chi connectivity index (χ1v) is 11.3. The molecule has 0 amide bonds. The van der Waals surface area contributed by atoms with E-state index in [-0.39, 0.29) is 0 Å². The third-order valence-corrected chi connectivity index (χ3v) is 6.03. The van der Waals surface area contributed by atoms with Gasteiger partial charge >= 0.3 is 0 Å². The molecule has 0 aliphatic carbocycles. The van der Waals surface area contributed by atoms with Gasteiger partial charge in [-0.3, -0.25) is 0 Å². The molecule has 0 aliphatic rings. The molecule has 4 aromatic rings. The predicted molar refractivity (Wildman–Crippen MR) is 138 cm³/mol. The number of fused-ring (bicyclic) bond motifs is 1. The lowest BCUT2D eigenvalue weighted by Gasteiger charge is -2.18. The number of methoxy groups -OCH3 is 1. The molecule has 0 spiro atoms. The Bertz CT molecular complexity index is 1270. The summed E-state index contributed by atoms with van der Waals surface area (Å²) in [5.41, 5.74) is 7.05. The van der Waals surface area contributed by atoms with Crippen LogP contribution in [0.5, 0.6) is 11.5 Å². The van der Waals surface area contributed by atoms with E-state index in [2.05, 4.69) is 98.5 Å². The number of hydrogen-bond donors (Lipinski definition) is 1. The Balaban J connectivity index is 1.58. The maximum Gasteiger partial charge on any atom is 0.165 e. The molecule has 0 radical (unpaired) electrons. The van der Waals surface area contributed by atoms with E-state index in [1.54, 1.807) is 7.11 Å². The Morgan fingerprint density at radius 2 is 1.70 bits per heavy atom. The van der Waals surface area contributed by atoms with Gasteiger partial charge in [-0.2, -0.15) is 0 Å². The van der Waals surface area contributed by atoms with Crippen LogP contribution >= 0.6 is 0 Å². The minimum absolute atomic E-state index is 0.474. The van der Waals surface area contributed by atoms with E-state index < -0.39 is 0 Å². The van der Waals surface area contributed by atoms with Crippen LogP contribution in [0.1, 0.15) is 27.8 Å². The Morgan fingerprint density at radius 1 is 0.879 bits per heavy atom. The van der Waals surface area contributed by atoms with E-state index in [0.29, 0.717) is 19.6 Å². The number of anilines is 1. The van der Waals surface area contributed by atoms with Crippen LogP contribution in [-0.4, -0.2) is 7.11 Å². The van der Waals surface area contributed by atoms with Crippen molar-refractivity contribution in [2.24, 2.45) is 0 Å². The van der Waals surface area contributed by atoms with Crippen molar-refractivity contribution < 1.29 is 9.47 Å². The van der Waals surface area contributed by atoms with Gasteiger partial charge in [-0.15, -0.1) is 6.58 Å². The van der Waals surface area contributed by atoms with Crippen molar-refractivity contribution >= 4 is 16.5 Å². The highest BCUT2D eigenvalue weighted by molar-refractivity contribution is 5.85. The highest BCUT2D eigenvalue weighted by Crippen LogP contribution is 2.35. The van der Waals surface area contributed by atoms with E-state index in [0.717, 1.165) is 33.9 Å². The average Bonchev–Trinajstić information content (AvgIpc) is 2.84. The molecule has 0 fully saturated rings.